The van der Waals surface area contributed by atoms with E-state index in [4.69, 9.17) is 16.3 Å². The van der Waals surface area contributed by atoms with E-state index in [1.165, 1.54) is 37.1 Å². The highest BCUT2D eigenvalue weighted by Crippen LogP contribution is 2.28. The van der Waals surface area contributed by atoms with Crippen molar-refractivity contribution in [2.45, 2.75) is 4.90 Å². The molecule has 0 saturated heterocycles. The van der Waals surface area contributed by atoms with Gasteiger partial charge in [0, 0.05) is 4.90 Å². The average molecular weight is 311 g/mol. The van der Waals surface area contributed by atoms with E-state index in [-0.39, 0.29) is 17.1 Å². The minimum Gasteiger partial charge on any atom is -0.496 e. The number of benzene rings is 2. The van der Waals surface area contributed by atoms with Crippen molar-refractivity contribution in [1.29, 1.82) is 0 Å². The lowest BCUT2D eigenvalue weighted by molar-refractivity contribution is 0.101. The van der Waals surface area contributed by atoms with Crippen molar-refractivity contribution >= 4 is 29.1 Å². The molecule has 0 radical (unpaired) electrons. The highest BCUT2D eigenvalue weighted by atomic mass is 35.5. The maximum Gasteiger partial charge on any atom is 0.176 e. The number of halogens is 2. The molecule has 5 heteroatoms. The maximum absolute atomic E-state index is 13.2. The van der Waals surface area contributed by atoms with E-state index < -0.39 is 5.82 Å². The van der Waals surface area contributed by atoms with Gasteiger partial charge >= 0.3 is 0 Å². The fourth-order valence-electron chi connectivity index (χ4n) is 1.68. The van der Waals surface area contributed by atoms with Crippen molar-refractivity contribution in [3.05, 3.63) is 58.9 Å². The SMILES string of the molecule is COc1ccc(F)cc1C(=O)CSc1ccccc1Cl. The molecule has 0 bridgehead atoms. The molecule has 0 spiro atoms. The first-order valence-corrected chi connectivity index (χ1v) is 7.22. The van der Waals surface area contributed by atoms with Gasteiger partial charge in [0.1, 0.15) is 11.6 Å². The molecule has 2 aromatic rings. The molecule has 0 unspecified atom stereocenters. The summed E-state index contributed by atoms with van der Waals surface area (Å²) in [7, 11) is 1.45. The Morgan fingerprint density at radius 1 is 1.30 bits per heavy atom. The summed E-state index contributed by atoms with van der Waals surface area (Å²) in [6.45, 7) is 0. The number of hydrogen-bond donors (Lipinski definition) is 0. The number of carbonyl (C=O) groups is 1. The Labute approximate surface area is 125 Å². The molecule has 2 rings (SSSR count). The van der Waals surface area contributed by atoms with Crippen LogP contribution in [0.2, 0.25) is 5.02 Å². The van der Waals surface area contributed by atoms with Crippen LogP contribution in [0, 0.1) is 5.82 Å². The number of rotatable bonds is 5. The third-order valence-electron chi connectivity index (χ3n) is 2.66. The van der Waals surface area contributed by atoms with Gasteiger partial charge in [0.15, 0.2) is 5.78 Å². The molecule has 0 N–H and O–H groups in total. The van der Waals surface area contributed by atoms with Crippen molar-refractivity contribution in [2.75, 3.05) is 12.9 Å². The number of ether oxygens (including phenoxy) is 1. The Hall–Kier alpha value is -1.52. The number of thioether (sulfide) groups is 1. The molecule has 0 atom stereocenters. The molecule has 2 aromatic carbocycles. The van der Waals surface area contributed by atoms with E-state index in [1.807, 2.05) is 18.2 Å². The molecular formula is C15H12ClFO2S. The predicted octanol–water partition coefficient (Wildman–Crippen LogP) is 4.46. The smallest absolute Gasteiger partial charge is 0.176 e. The normalized spacial score (nSPS) is 10.3. The summed E-state index contributed by atoms with van der Waals surface area (Å²) >= 11 is 7.34. The first kappa shape index (κ1) is 14.9. The molecule has 0 aliphatic heterocycles. The van der Waals surface area contributed by atoms with Crippen LogP contribution < -0.4 is 4.74 Å². The second-order valence-electron chi connectivity index (χ2n) is 3.99. The Morgan fingerprint density at radius 3 is 2.75 bits per heavy atom. The Morgan fingerprint density at radius 2 is 2.05 bits per heavy atom. The summed E-state index contributed by atoms with van der Waals surface area (Å²) in [5.41, 5.74) is 0.243. The van der Waals surface area contributed by atoms with E-state index in [0.29, 0.717) is 10.8 Å². The van der Waals surface area contributed by atoms with Crippen LogP contribution in [0.15, 0.2) is 47.4 Å². The predicted molar refractivity (Wildman–Crippen MR) is 79.5 cm³/mol. The molecule has 0 aromatic heterocycles. The van der Waals surface area contributed by atoms with Crippen LogP contribution in [-0.4, -0.2) is 18.6 Å². The lowest BCUT2D eigenvalue weighted by Gasteiger charge is -2.08. The van der Waals surface area contributed by atoms with Gasteiger partial charge in [-0.05, 0) is 30.3 Å². The van der Waals surface area contributed by atoms with Gasteiger partial charge in [0.05, 0.1) is 23.4 Å². The minimum absolute atomic E-state index is 0.170. The molecule has 104 valence electrons. The first-order valence-electron chi connectivity index (χ1n) is 5.86. The van der Waals surface area contributed by atoms with Crippen molar-refractivity contribution in [1.82, 2.24) is 0 Å². The Kier molecular flexibility index (Phi) is 5.04. The second-order valence-corrected chi connectivity index (χ2v) is 5.41. The second kappa shape index (κ2) is 6.77. The summed E-state index contributed by atoms with van der Waals surface area (Å²) in [6.07, 6.45) is 0. The molecular weight excluding hydrogens is 299 g/mol. The molecule has 0 aliphatic rings. The molecule has 0 amide bonds. The van der Waals surface area contributed by atoms with Crippen LogP contribution in [0.4, 0.5) is 4.39 Å². The summed E-state index contributed by atoms with van der Waals surface area (Å²) in [6, 6.07) is 11.2. The fourth-order valence-corrected chi connectivity index (χ4v) is 2.80. The number of ketones is 1. The van der Waals surface area contributed by atoms with Crippen molar-refractivity contribution in [2.24, 2.45) is 0 Å². The fraction of sp³-hybridized carbons (Fsp3) is 0.133. The number of Topliss-reactive ketones (excluding diaryl/α,β-unsaturated/α-hetero) is 1. The van der Waals surface area contributed by atoms with E-state index in [1.54, 1.807) is 6.07 Å². The standard InChI is InChI=1S/C15H12ClFO2S/c1-19-14-7-6-10(17)8-11(14)13(18)9-20-15-5-3-2-4-12(15)16/h2-8H,9H2,1H3. The summed E-state index contributed by atoms with van der Waals surface area (Å²) < 4.78 is 18.3. The Balaban J connectivity index is 2.13. The van der Waals surface area contributed by atoms with Gasteiger partial charge in [-0.3, -0.25) is 4.79 Å². The van der Waals surface area contributed by atoms with E-state index in [0.717, 1.165) is 4.90 Å². The zero-order valence-corrected chi connectivity index (χ0v) is 12.3. The van der Waals surface area contributed by atoms with E-state index in [2.05, 4.69) is 0 Å². The summed E-state index contributed by atoms with van der Waals surface area (Å²) in [5, 5.41) is 0.594. The van der Waals surface area contributed by atoms with Crippen molar-refractivity contribution in [3.8, 4) is 5.75 Å². The quantitative estimate of drug-likeness (QED) is 0.602. The minimum atomic E-state index is -0.461. The van der Waals surface area contributed by atoms with Gasteiger partial charge in [-0.1, -0.05) is 23.7 Å². The van der Waals surface area contributed by atoms with Gasteiger partial charge in [-0.15, -0.1) is 11.8 Å². The summed E-state index contributed by atoms with van der Waals surface area (Å²) in [4.78, 5) is 13.0. The highest BCUT2D eigenvalue weighted by Gasteiger charge is 2.14. The molecule has 2 nitrogen and oxygen atoms in total. The molecule has 0 saturated carbocycles. The molecule has 0 fully saturated rings. The maximum atomic E-state index is 13.2. The lowest BCUT2D eigenvalue weighted by atomic mass is 10.1. The van der Waals surface area contributed by atoms with Gasteiger partial charge < -0.3 is 4.74 Å². The number of carbonyl (C=O) groups excluding carboxylic acids is 1. The van der Waals surface area contributed by atoms with Gasteiger partial charge in [-0.25, -0.2) is 4.39 Å². The van der Waals surface area contributed by atoms with Crippen LogP contribution in [0.25, 0.3) is 0 Å². The Bertz CT molecular complexity index is 631. The monoisotopic (exact) mass is 310 g/mol. The van der Waals surface area contributed by atoms with Crippen LogP contribution in [0.1, 0.15) is 10.4 Å². The first-order chi connectivity index (χ1) is 9.61. The van der Waals surface area contributed by atoms with Crippen LogP contribution >= 0.6 is 23.4 Å². The van der Waals surface area contributed by atoms with Crippen LogP contribution in [-0.2, 0) is 0 Å². The van der Waals surface area contributed by atoms with E-state index >= 15 is 0 Å². The van der Waals surface area contributed by atoms with E-state index in [9.17, 15) is 9.18 Å². The van der Waals surface area contributed by atoms with Gasteiger partial charge in [0.25, 0.3) is 0 Å². The van der Waals surface area contributed by atoms with Gasteiger partial charge in [-0.2, -0.15) is 0 Å². The van der Waals surface area contributed by atoms with Crippen LogP contribution in [0.3, 0.4) is 0 Å². The molecule has 20 heavy (non-hydrogen) atoms. The van der Waals surface area contributed by atoms with Crippen LogP contribution in [0.5, 0.6) is 5.75 Å². The lowest BCUT2D eigenvalue weighted by Crippen LogP contribution is -2.05. The number of methoxy groups -OCH3 is 1. The number of hydrogen-bond acceptors (Lipinski definition) is 3. The van der Waals surface area contributed by atoms with Crippen molar-refractivity contribution in [3.63, 3.8) is 0 Å². The zero-order chi connectivity index (χ0) is 14.5. The van der Waals surface area contributed by atoms with Gasteiger partial charge in [0.2, 0.25) is 0 Å². The summed E-state index contributed by atoms with van der Waals surface area (Å²) in [5.74, 6) is -0.122. The zero-order valence-electron chi connectivity index (χ0n) is 10.7. The topological polar surface area (TPSA) is 26.3 Å². The van der Waals surface area contributed by atoms with Crippen molar-refractivity contribution < 1.29 is 13.9 Å². The third kappa shape index (κ3) is 3.52. The highest BCUT2D eigenvalue weighted by molar-refractivity contribution is 8.00. The average Bonchev–Trinajstić information content (AvgIpc) is 2.46. The molecule has 0 heterocycles. The third-order valence-corrected chi connectivity index (χ3v) is 4.17. The largest absolute Gasteiger partial charge is 0.496 e. The molecule has 0 aliphatic carbocycles.